The molecule has 6 rings (SSSR count). The summed E-state index contributed by atoms with van der Waals surface area (Å²) in [5.74, 6) is 2.02. The Kier molecular flexibility index (Phi) is 6.52. The van der Waals surface area contributed by atoms with Gasteiger partial charge in [0.1, 0.15) is 17.1 Å². The molecule has 0 radical (unpaired) electrons. The SMILES string of the molecule is Cc1ccnc(-n2c3[c-]c(Oc4nc5c(O)c(C)ccc5cc4C(C)(C)C)ccc3c3ccccc32)c1.[Pt]. The van der Waals surface area contributed by atoms with Gasteiger partial charge in [-0.2, -0.15) is 6.07 Å². The number of hydrogen-bond donors (Lipinski definition) is 1. The van der Waals surface area contributed by atoms with E-state index in [4.69, 9.17) is 9.72 Å². The Morgan fingerprint density at radius 1 is 0.921 bits per heavy atom. The number of phenolic OH excluding ortho intramolecular Hbond substituents is 1. The second-order valence-corrected chi connectivity index (χ2v) is 10.6. The van der Waals surface area contributed by atoms with Gasteiger partial charge in [0.2, 0.25) is 5.88 Å². The fraction of sp³-hybridized carbons (Fsp3) is 0.188. The molecule has 0 amide bonds. The van der Waals surface area contributed by atoms with E-state index in [1.807, 2.05) is 49.5 Å². The van der Waals surface area contributed by atoms with Crippen LogP contribution in [0, 0.1) is 19.9 Å². The van der Waals surface area contributed by atoms with Crippen LogP contribution in [0.1, 0.15) is 37.5 Å². The molecular weight excluding hydrogens is 653 g/mol. The van der Waals surface area contributed by atoms with Gasteiger partial charge in [0.05, 0.1) is 0 Å². The fourth-order valence-corrected chi connectivity index (χ4v) is 4.84. The van der Waals surface area contributed by atoms with Gasteiger partial charge in [0.15, 0.2) is 0 Å². The predicted octanol–water partition coefficient (Wildman–Crippen LogP) is 7.94. The number of aromatic nitrogens is 3. The van der Waals surface area contributed by atoms with E-state index in [2.05, 4.69) is 73.6 Å². The standard InChI is InChI=1S/C32H28N3O2.Pt/c1-19-14-15-33-28(16-19)35-26-9-7-6-8-23(26)24-13-12-22(18-27(24)35)37-31-25(32(3,4)5)17-21-11-10-20(2)30(36)29(21)34-31;/h6-17,36H,1-5H3;/q-1;. The second-order valence-electron chi connectivity index (χ2n) is 10.6. The van der Waals surface area contributed by atoms with Gasteiger partial charge < -0.3 is 14.4 Å². The van der Waals surface area contributed by atoms with Crippen molar-refractivity contribution < 1.29 is 30.9 Å². The molecule has 0 atom stereocenters. The third-order valence-electron chi connectivity index (χ3n) is 6.83. The Bertz CT molecular complexity index is 1830. The van der Waals surface area contributed by atoms with Gasteiger partial charge in [0, 0.05) is 49.5 Å². The van der Waals surface area contributed by atoms with E-state index in [-0.39, 0.29) is 32.2 Å². The number of benzene rings is 3. The van der Waals surface area contributed by atoms with Crippen LogP contribution in [0.4, 0.5) is 0 Å². The van der Waals surface area contributed by atoms with Gasteiger partial charge in [-0.3, -0.25) is 0 Å². The summed E-state index contributed by atoms with van der Waals surface area (Å²) in [6.45, 7) is 10.3. The number of phenols is 1. The first-order chi connectivity index (χ1) is 17.7. The smallest absolute Gasteiger partial charge is 0.221 e. The Morgan fingerprint density at radius 3 is 2.47 bits per heavy atom. The van der Waals surface area contributed by atoms with Crippen LogP contribution in [-0.2, 0) is 26.5 Å². The minimum atomic E-state index is -0.221. The van der Waals surface area contributed by atoms with Crippen LogP contribution in [0.2, 0.25) is 0 Å². The van der Waals surface area contributed by atoms with Gasteiger partial charge in [0.25, 0.3) is 0 Å². The van der Waals surface area contributed by atoms with Gasteiger partial charge in [-0.15, -0.1) is 17.5 Å². The van der Waals surface area contributed by atoms with E-state index in [0.29, 0.717) is 17.1 Å². The Labute approximate surface area is 236 Å². The molecule has 194 valence electrons. The number of ether oxygens (including phenoxy) is 1. The number of hydrogen-bond acceptors (Lipinski definition) is 4. The molecule has 6 heteroatoms. The molecule has 0 unspecified atom stereocenters. The molecule has 1 N–H and O–H groups in total. The van der Waals surface area contributed by atoms with Gasteiger partial charge in [-0.25, -0.2) is 9.97 Å². The summed E-state index contributed by atoms with van der Waals surface area (Å²) in [5, 5.41) is 13.8. The maximum atomic E-state index is 10.7. The number of fused-ring (bicyclic) bond motifs is 4. The molecule has 0 bridgehead atoms. The molecule has 6 aromatic rings. The number of aryl methyl sites for hydroxylation is 2. The van der Waals surface area contributed by atoms with Crippen molar-refractivity contribution in [2.24, 2.45) is 0 Å². The normalized spacial score (nSPS) is 11.7. The first-order valence-electron chi connectivity index (χ1n) is 12.4. The van der Waals surface area contributed by atoms with E-state index < -0.39 is 0 Å². The van der Waals surface area contributed by atoms with Crippen molar-refractivity contribution in [3.63, 3.8) is 0 Å². The monoisotopic (exact) mass is 681 g/mol. The average Bonchev–Trinajstić information content (AvgIpc) is 3.19. The van der Waals surface area contributed by atoms with E-state index in [1.165, 1.54) is 0 Å². The summed E-state index contributed by atoms with van der Waals surface area (Å²) in [6.07, 6.45) is 1.83. The van der Waals surface area contributed by atoms with Gasteiger partial charge in [-0.05, 0) is 60.0 Å². The molecule has 0 aliphatic carbocycles. The summed E-state index contributed by atoms with van der Waals surface area (Å²) < 4.78 is 8.57. The first-order valence-corrected chi connectivity index (χ1v) is 12.4. The van der Waals surface area contributed by atoms with E-state index in [0.717, 1.165) is 49.7 Å². The Hall–Kier alpha value is -3.69. The summed E-state index contributed by atoms with van der Waals surface area (Å²) in [7, 11) is 0. The number of pyridine rings is 2. The van der Waals surface area contributed by atoms with Crippen molar-refractivity contribution in [3.8, 4) is 23.2 Å². The number of para-hydroxylation sites is 1. The average molecular weight is 682 g/mol. The molecule has 0 saturated heterocycles. The summed E-state index contributed by atoms with van der Waals surface area (Å²) in [5.41, 5.74) is 5.12. The zero-order valence-electron chi connectivity index (χ0n) is 21.9. The minimum Gasteiger partial charge on any atom is -0.505 e. The van der Waals surface area contributed by atoms with Crippen LogP contribution in [-0.4, -0.2) is 19.6 Å². The molecule has 0 saturated carbocycles. The van der Waals surface area contributed by atoms with Gasteiger partial charge >= 0.3 is 0 Å². The van der Waals surface area contributed by atoms with Crippen LogP contribution in [0.25, 0.3) is 38.5 Å². The molecule has 3 aromatic carbocycles. The van der Waals surface area contributed by atoms with Crippen molar-refractivity contribution >= 4 is 32.7 Å². The molecule has 5 nitrogen and oxygen atoms in total. The third kappa shape index (κ3) is 4.35. The van der Waals surface area contributed by atoms with Gasteiger partial charge in [-0.1, -0.05) is 56.6 Å². The van der Waals surface area contributed by atoms with Crippen LogP contribution >= 0.6 is 0 Å². The minimum absolute atomic E-state index is 0. The van der Waals surface area contributed by atoms with E-state index in [9.17, 15) is 5.11 Å². The van der Waals surface area contributed by atoms with E-state index in [1.54, 1.807) is 0 Å². The largest absolute Gasteiger partial charge is 0.505 e. The van der Waals surface area contributed by atoms with Crippen molar-refractivity contribution in [1.29, 1.82) is 0 Å². The zero-order valence-corrected chi connectivity index (χ0v) is 24.2. The van der Waals surface area contributed by atoms with Crippen molar-refractivity contribution in [1.82, 2.24) is 14.5 Å². The fourth-order valence-electron chi connectivity index (χ4n) is 4.84. The molecule has 3 aromatic heterocycles. The molecule has 0 aliphatic heterocycles. The molecular formula is C32H28N3O2Pt-. The number of aromatic hydroxyl groups is 1. The predicted molar refractivity (Wildman–Crippen MR) is 149 cm³/mol. The first kappa shape index (κ1) is 25.9. The maximum absolute atomic E-state index is 10.7. The second kappa shape index (κ2) is 9.56. The Morgan fingerprint density at radius 2 is 1.71 bits per heavy atom. The van der Waals surface area contributed by atoms with Crippen molar-refractivity contribution in [3.05, 3.63) is 95.7 Å². The number of nitrogens with zero attached hydrogens (tertiary/aromatic N) is 3. The maximum Gasteiger partial charge on any atom is 0.221 e. The molecule has 38 heavy (non-hydrogen) atoms. The third-order valence-corrected chi connectivity index (χ3v) is 6.83. The Balaban J connectivity index is 0.00000294. The van der Waals surface area contributed by atoms with Crippen LogP contribution < -0.4 is 4.74 Å². The quantitative estimate of drug-likeness (QED) is 0.193. The summed E-state index contributed by atoms with van der Waals surface area (Å²) in [4.78, 5) is 9.46. The summed E-state index contributed by atoms with van der Waals surface area (Å²) in [6, 6.07) is 25.8. The van der Waals surface area contributed by atoms with Crippen molar-refractivity contribution in [2.45, 2.75) is 40.0 Å². The zero-order chi connectivity index (χ0) is 25.9. The molecule has 0 aliphatic rings. The molecule has 0 fully saturated rings. The van der Waals surface area contributed by atoms with Crippen LogP contribution in [0.3, 0.4) is 0 Å². The summed E-state index contributed by atoms with van der Waals surface area (Å²) >= 11 is 0. The topological polar surface area (TPSA) is 60.2 Å². The van der Waals surface area contributed by atoms with Crippen molar-refractivity contribution in [2.75, 3.05) is 0 Å². The molecule has 3 heterocycles. The number of rotatable bonds is 3. The van der Waals surface area contributed by atoms with Crippen LogP contribution in [0.5, 0.6) is 17.4 Å². The molecule has 0 spiro atoms. The van der Waals surface area contributed by atoms with E-state index >= 15 is 0 Å². The van der Waals surface area contributed by atoms with Crippen LogP contribution in [0.15, 0.2) is 72.9 Å².